The van der Waals surface area contributed by atoms with Crippen LogP contribution in [0.3, 0.4) is 0 Å². The Balaban J connectivity index is 1.84. The van der Waals surface area contributed by atoms with Crippen LogP contribution in [0.4, 0.5) is 0 Å². The average Bonchev–Trinajstić information content (AvgIpc) is 2.54. The summed E-state index contributed by atoms with van der Waals surface area (Å²) in [7, 11) is 0. The highest BCUT2D eigenvalue weighted by Crippen LogP contribution is 2.26. The molecule has 0 aliphatic rings. The largest absolute Gasteiger partial charge is 0.458 e. The zero-order chi connectivity index (χ0) is 16.2. The summed E-state index contributed by atoms with van der Waals surface area (Å²) in [6.07, 6.45) is 0. The van der Waals surface area contributed by atoms with Crippen molar-refractivity contribution in [3.05, 3.63) is 70.8 Å². The number of ether oxygens (including phenoxy) is 1. The van der Waals surface area contributed by atoms with Gasteiger partial charge in [0.1, 0.15) is 12.4 Å². The molecule has 5 heteroatoms. The molecule has 0 spiro atoms. The predicted molar refractivity (Wildman–Crippen MR) is 90.5 cm³/mol. The first-order chi connectivity index (χ1) is 11.1. The van der Waals surface area contributed by atoms with Crippen molar-refractivity contribution >= 4 is 11.6 Å². The van der Waals surface area contributed by atoms with Gasteiger partial charge < -0.3 is 4.74 Å². The summed E-state index contributed by atoms with van der Waals surface area (Å²) in [5.74, 6) is 0.537. The highest BCUT2D eigenvalue weighted by Gasteiger charge is 2.08. The van der Waals surface area contributed by atoms with Crippen molar-refractivity contribution in [2.24, 2.45) is 0 Å². The molecule has 0 bridgehead atoms. The van der Waals surface area contributed by atoms with Gasteiger partial charge in [-0.3, -0.25) is 0 Å². The summed E-state index contributed by atoms with van der Waals surface area (Å²) < 4.78 is 5.68. The molecule has 0 aliphatic carbocycles. The van der Waals surface area contributed by atoms with Crippen molar-refractivity contribution in [1.82, 2.24) is 15.0 Å². The second-order valence-corrected chi connectivity index (χ2v) is 5.52. The second kappa shape index (κ2) is 6.75. The normalized spacial score (nSPS) is 10.6. The molecule has 3 rings (SSSR count). The lowest BCUT2D eigenvalue weighted by atomic mass is 9.97. The summed E-state index contributed by atoms with van der Waals surface area (Å²) >= 11 is 5.83. The van der Waals surface area contributed by atoms with Gasteiger partial charge in [0.05, 0.1) is 0 Å². The Hall–Kier alpha value is -2.46. The van der Waals surface area contributed by atoms with E-state index >= 15 is 0 Å². The highest BCUT2D eigenvalue weighted by atomic mass is 35.5. The standard InChI is InChI=1S/C18H16ClN3O/c1-12-15(11-23-18-21-13(2)20-17(19)22-18)9-6-10-16(12)14-7-4-3-5-8-14/h3-10H,11H2,1-2H3. The van der Waals surface area contributed by atoms with E-state index in [1.165, 1.54) is 16.7 Å². The van der Waals surface area contributed by atoms with Gasteiger partial charge in [-0.15, -0.1) is 0 Å². The zero-order valence-corrected chi connectivity index (χ0v) is 13.7. The number of hydrogen-bond acceptors (Lipinski definition) is 4. The molecule has 0 aliphatic heterocycles. The Morgan fingerprint density at radius 1 is 0.913 bits per heavy atom. The van der Waals surface area contributed by atoms with E-state index in [1.807, 2.05) is 30.3 Å². The Morgan fingerprint density at radius 2 is 1.70 bits per heavy atom. The van der Waals surface area contributed by atoms with Gasteiger partial charge in [0.15, 0.2) is 0 Å². The van der Waals surface area contributed by atoms with Crippen LogP contribution in [0.5, 0.6) is 6.01 Å². The fourth-order valence-corrected chi connectivity index (χ4v) is 2.60. The third kappa shape index (κ3) is 3.66. The zero-order valence-electron chi connectivity index (χ0n) is 13.0. The van der Waals surface area contributed by atoms with Gasteiger partial charge in [-0.2, -0.15) is 9.97 Å². The van der Waals surface area contributed by atoms with Crippen LogP contribution in [0.15, 0.2) is 48.5 Å². The summed E-state index contributed by atoms with van der Waals surface area (Å²) in [5, 5.41) is 0.141. The smallest absolute Gasteiger partial charge is 0.321 e. The summed E-state index contributed by atoms with van der Waals surface area (Å²) in [6.45, 7) is 4.22. The molecule has 4 nitrogen and oxygen atoms in total. The van der Waals surface area contributed by atoms with Gasteiger partial charge in [0.25, 0.3) is 0 Å². The Bertz CT molecular complexity index is 802. The quantitative estimate of drug-likeness (QED) is 0.714. The van der Waals surface area contributed by atoms with E-state index in [2.05, 4.69) is 40.1 Å². The molecule has 3 aromatic rings. The van der Waals surface area contributed by atoms with Gasteiger partial charge in [-0.05, 0) is 47.7 Å². The first kappa shape index (κ1) is 15.4. The van der Waals surface area contributed by atoms with Gasteiger partial charge in [-0.1, -0.05) is 48.5 Å². The van der Waals surface area contributed by atoms with Crippen LogP contribution in [-0.4, -0.2) is 15.0 Å². The van der Waals surface area contributed by atoms with Crippen molar-refractivity contribution in [3.8, 4) is 17.1 Å². The molecule has 0 saturated heterocycles. The molecule has 0 N–H and O–H groups in total. The van der Waals surface area contributed by atoms with Crippen LogP contribution in [0.25, 0.3) is 11.1 Å². The number of hydrogen-bond donors (Lipinski definition) is 0. The fraction of sp³-hybridized carbons (Fsp3) is 0.167. The first-order valence-electron chi connectivity index (χ1n) is 7.28. The molecular weight excluding hydrogens is 310 g/mol. The van der Waals surface area contributed by atoms with Crippen LogP contribution in [0, 0.1) is 13.8 Å². The molecule has 1 heterocycles. The van der Waals surface area contributed by atoms with Crippen molar-refractivity contribution in [1.29, 1.82) is 0 Å². The maximum atomic E-state index is 5.83. The van der Waals surface area contributed by atoms with Crippen LogP contribution >= 0.6 is 11.6 Å². The molecule has 0 fully saturated rings. The molecule has 0 atom stereocenters. The van der Waals surface area contributed by atoms with E-state index < -0.39 is 0 Å². The van der Waals surface area contributed by atoms with Crippen molar-refractivity contribution in [3.63, 3.8) is 0 Å². The second-order valence-electron chi connectivity index (χ2n) is 5.18. The average molecular weight is 326 g/mol. The minimum atomic E-state index is 0.141. The molecule has 0 unspecified atom stereocenters. The number of halogens is 1. The summed E-state index contributed by atoms with van der Waals surface area (Å²) in [4.78, 5) is 12.0. The van der Waals surface area contributed by atoms with Crippen molar-refractivity contribution in [2.75, 3.05) is 0 Å². The molecule has 2 aromatic carbocycles. The molecular formula is C18H16ClN3O. The maximum Gasteiger partial charge on any atom is 0.321 e. The number of benzene rings is 2. The van der Waals surface area contributed by atoms with Gasteiger partial charge >= 0.3 is 6.01 Å². The van der Waals surface area contributed by atoms with Gasteiger partial charge in [-0.25, -0.2) is 4.98 Å². The predicted octanol–water partition coefficient (Wildman–Crippen LogP) is 4.39. The van der Waals surface area contributed by atoms with Crippen LogP contribution in [-0.2, 0) is 6.61 Å². The molecule has 116 valence electrons. The Kier molecular flexibility index (Phi) is 4.53. The van der Waals surface area contributed by atoms with Gasteiger partial charge in [0, 0.05) is 0 Å². The van der Waals surface area contributed by atoms with Crippen LogP contribution in [0.2, 0.25) is 5.28 Å². The molecule has 1 aromatic heterocycles. The molecule has 23 heavy (non-hydrogen) atoms. The van der Waals surface area contributed by atoms with Crippen LogP contribution < -0.4 is 4.74 Å². The lowest BCUT2D eigenvalue weighted by Crippen LogP contribution is -2.04. The van der Waals surface area contributed by atoms with Crippen molar-refractivity contribution in [2.45, 2.75) is 20.5 Å². The minimum absolute atomic E-state index is 0.141. The maximum absolute atomic E-state index is 5.83. The monoisotopic (exact) mass is 325 g/mol. The summed E-state index contributed by atoms with van der Waals surface area (Å²) in [5.41, 5.74) is 4.64. The van der Waals surface area contributed by atoms with E-state index in [4.69, 9.17) is 16.3 Å². The molecule has 0 amide bonds. The Morgan fingerprint density at radius 3 is 2.43 bits per heavy atom. The fourth-order valence-electron chi connectivity index (χ4n) is 2.40. The SMILES string of the molecule is Cc1nc(Cl)nc(OCc2cccc(-c3ccccc3)c2C)n1. The van der Waals surface area contributed by atoms with E-state index in [-0.39, 0.29) is 11.3 Å². The van der Waals surface area contributed by atoms with E-state index in [1.54, 1.807) is 6.92 Å². The topological polar surface area (TPSA) is 47.9 Å². The van der Waals surface area contributed by atoms with E-state index in [0.717, 1.165) is 5.56 Å². The lowest BCUT2D eigenvalue weighted by Gasteiger charge is -2.12. The minimum Gasteiger partial charge on any atom is -0.458 e. The van der Waals surface area contributed by atoms with Gasteiger partial charge in [0.2, 0.25) is 5.28 Å². The highest BCUT2D eigenvalue weighted by molar-refractivity contribution is 6.28. The number of aryl methyl sites for hydroxylation is 1. The third-order valence-electron chi connectivity index (χ3n) is 3.59. The van der Waals surface area contributed by atoms with Crippen molar-refractivity contribution < 1.29 is 4.74 Å². The van der Waals surface area contributed by atoms with E-state index in [9.17, 15) is 0 Å². The molecule has 0 saturated carbocycles. The summed E-state index contributed by atoms with van der Waals surface area (Å²) in [6, 6.07) is 16.7. The lowest BCUT2D eigenvalue weighted by molar-refractivity contribution is 0.278. The number of nitrogens with zero attached hydrogens (tertiary/aromatic N) is 3. The number of rotatable bonds is 4. The third-order valence-corrected chi connectivity index (χ3v) is 3.76. The van der Waals surface area contributed by atoms with Crippen LogP contribution in [0.1, 0.15) is 17.0 Å². The van der Waals surface area contributed by atoms with E-state index in [0.29, 0.717) is 12.4 Å². The molecule has 0 radical (unpaired) electrons. The Labute approximate surface area is 140 Å². The first-order valence-corrected chi connectivity index (χ1v) is 7.66. The number of aromatic nitrogens is 3.